The van der Waals surface area contributed by atoms with Gasteiger partial charge in [-0.3, -0.25) is 16.0 Å². The summed E-state index contributed by atoms with van der Waals surface area (Å²) in [4.78, 5) is 0. The van der Waals surface area contributed by atoms with Crippen LogP contribution in [0.3, 0.4) is 0 Å². The number of aromatic nitrogens is 8. The molecule has 2 aromatic heterocycles. The number of H-pyrrole nitrogens is 2. The van der Waals surface area contributed by atoms with Crippen molar-refractivity contribution >= 4 is 17.9 Å². The number of aromatic amines is 2. The Labute approximate surface area is 76.2 Å². The second-order valence-electron chi connectivity index (χ2n) is 2.12. The molecule has 0 amide bonds. The van der Waals surface area contributed by atoms with Crippen LogP contribution < -0.4 is 10.6 Å². The van der Waals surface area contributed by atoms with Crippen molar-refractivity contribution in [2.45, 2.75) is 0 Å². The molecule has 2 heterocycles. The van der Waals surface area contributed by atoms with Crippen LogP contribution in [0.5, 0.6) is 0 Å². The Morgan fingerprint density at radius 1 is 1.00 bits per heavy atom. The summed E-state index contributed by atoms with van der Waals surface area (Å²) in [5.74, 6) is 0.423. The molecule has 0 fully saturated rings. The molecule has 0 radical (unpaired) electrons. The van der Waals surface area contributed by atoms with Gasteiger partial charge < -0.3 is 0 Å². The van der Waals surface area contributed by atoms with Gasteiger partial charge in [0.15, 0.2) is 0 Å². The Kier molecular flexibility index (Phi) is 1.96. The fourth-order valence-corrected chi connectivity index (χ4v) is 0.692. The number of tetrazole rings is 2. The van der Waals surface area contributed by atoms with E-state index in [9.17, 15) is 0 Å². The molecule has 11 heteroatoms. The van der Waals surface area contributed by atoms with Gasteiger partial charge in [0, 0.05) is 0 Å². The van der Waals surface area contributed by atoms with E-state index >= 15 is 0 Å². The van der Waals surface area contributed by atoms with Crippen molar-refractivity contribution < 1.29 is 0 Å². The summed E-state index contributed by atoms with van der Waals surface area (Å²) in [5, 5.41) is 37.6. The monoisotopic (exact) mass is 195 g/mol. The predicted molar refractivity (Wildman–Crippen MR) is 43.3 cm³/mol. The molecule has 0 bridgehead atoms. The fourth-order valence-electron chi connectivity index (χ4n) is 0.692. The first-order valence-corrected chi connectivity index (χ1v) is 3.44. The predicted octanol–water partition coefficient (Wildman–Crippen LogP) is -1.83. The summed E-state index contributed by atoms with van der Waals surface area (Å²) in [6.07, 6.45) is 0. The molecule has 0 unspecified atom stereocenters. The molecule has 0 aromatic carbocycles. The highest BCUT2D eigenvalue weighted by Gasteiger charge is 2.02. The first-order valence-electron chi connectivity index (χ1n) is 3.44. The minimum Gasteiger partial charge on any atom is -0.294 e. The van der Waals surface area contributed by atoms with E-state index < -0.39 is 0 Å². The second-order valence-corrected chi connectivity index (χ2v) is 2.12. The molecule has 0 aliphatic heterocycles. The van der Waals surface area contributed by atoms with Crippen molar-refractivity contribution in [3.63, 3.8) is 0 Å². The molecule has 5 N–H and O–H groups in total. The number of guanidine groups is 1. The molecular weight excluding hydrogens is 190 g/mol. The van der Waals surface area contributed by atoms with Gasteiger partial charge >= 0.3 is 0 Å². The zero-order valence-corrected chi connectivity index (χ0v) is 6.68. The third-order valence-electron chi connectivity index (χ3n) is 1.18. The Balaban J connectivity index is 1.91. The standard InChI is InChI=1S/C3H5N11/c4-1(5-2-7-11-12-8-2)6-3-9-13-14-10-3/h(H5,4,5,6,7,8,9,10,11,12,13,14). The SMILES string of the molecule is N=C(Nc1nnn[nH]1)Nc1nnn[nH]1. The highest BCUT2D eigenvalue weighted by Crippen LogP contribution is 1.93. The van der Waals surface area contributed by atoms with E-state index in [1.54, 1.807) is 0 Å². The summed E-state index contributed by atoms with van der Waals surface area (Å²) in [5.41, 5.74) is 0. The molecule has 0 saturated carbocycles. The molecule has 0 spiro atoms. The Morgan fingerprint density at radius 2 is 1.50 bits per heavy atom. The highest BCUT2D eigenvalue weighted by molar-refractivity contribution is 5.99. The first kappa shape index (κ1) is 8.03. The van der Waals surface area contributed by atoms with E-state index in [0.717, 1.165) is 0 Å². The summed E-state index contributed by atoms with van der Waals surface area (Å²) in [6.45, 7) is 0. The average molecular weight is 195 g/mol. The maximum absolute atomic E-state index is 7.39. The lowest BCUT2D eigenvalue weighted by molar-refractivity contribution is 0.881. The number of anilines is 2. The van der Waals surface area contributed by atoms with E-state index in [1.807, 2.05) is 0 Å². The van der Waals surface area contributed by atoms with Crippen LogP contribution in [0, 0.1) is 5.41 Å². The zero-order chi connectivity index (χ0) is 9.80. The van der Waals surface area contributed by atoms with E-state index in [0.29, 0.717) is 0 Å². The molecule has 2 rings (SSSR count). The number of nitrogens with zero attached hydrogens (tertiary/aromatic N) is 6. The Bertz CT molecular complexity index is 346. The van der Waals surface area contributed by atoms with Gasteiger partial charge in [0.2, 0.25) is 17.9 Å². The molecule has 0 aliphatic rings. The lowest BCUT2D eigenvalue weighted by atomic mass is 10.8. The van der Waals surface area contributed by atoms with Crippen LogP contribution in [0.2, 0.25) is 0 Å². The quantitative estimate of drug-likeness (QED) is 0.276. The van der Waals surface area contributed by atoms with Crippen molar-refractivity contribution in [3.05, 3.63) is 0 Å². The van der Waals surface area contributed by atoms with Crippen LogP contribution >= 0.6 is 0 Å². The van der Waals surface area contributed by atoms with Crippen LogP contribution in [-0.4, -0.2) is 47.2 Å². The second kappa shape index (κ2) is 3.42. The third-order valence-corrected chi connectivity index (χ3v) is 1.18. The summed E-state index contributed by atoms with van der Waals surface area (Å²) in [7, 11) is 0. The summed E-state index contributed by atoms with van der Waals surface area (Å²) in [6, 6.07) is 0. The normalized spacial score (nSPS) is 9.71. The molecule has 0 saturated heterocycles. The molecule has 11 nitrogen and oxygen atoms in total. The zero-order valence-electron chi connectivity index (χ0n) is 6.68. The van der Waals surface area contributed by atoms with E-state index in [1.165, 1.54) is 0 Å². The molecular formula is C3H5N11. The van der Waals surface area contributed by atoms with Crippen LogP contribution in [0.25, 0.3) is 0 Å². The molecule has 0 atom stereocenters. The molecule has 0 aliphatic carbocycles. The smallest absolute Gasteiger partial charge is 0.247 e. The third kappa shape index (κ3) is 1.77. The maximum atomic E-state index is 7.39. The minimum atomic E-state index is -0.0675. The van der Waals surface area contributed by atoms with Gasteiger partial charge in [-0.15, -0.1) is 0 Å². The topological polar surface area (TPSA) is 157 Å². The first-order chi connectivity index (χ1) is 6.84. The van der Waals surface area contributed by atoms with Gasteiger partial charge in [0.05, 0.1) is 0 Å². The van der Waals surface area contributed by atoms with Crippen molar-refractivity contribution in [1.29, 1.82) is 5.41 Å². The van der Waals surface area contributed by atoms with Gasteiger partial charge in [0.1, 0.15) is 0 Å². The van der Waals surface area contributed by atoms with Crippen LogP contribution in [0.1, 0.15) is 0 Å². The van der Waals surface area contributed by atoms with E-state index in [4.69, 9.17) is 5.41 Å². The summed E-state index contributed by atoms with van der Waals surface area (Å²) >= 11 is 0. The molecule has 14 heavy (non-hydrogen) atoms. The van der Waals surface area contributed by atoms with Crippen LogP contribution in [-0.2, 0) is 0 Å². The van der Waals surface area contributed by atoms with Gasteiger partial charge in [0.25, 0.3) is 0 Å². The van der Waals surface area contributed by atoms with Gasteiger partial charge in [-0.1, -0.05) is 10.2 Å². The largest absolute Gasteiger partial charge is 0.294 e. The lowest BCUT2D eigenvalue weighted by Crippen LogP contribution is -2.22. The van der Waals surface area contributed by atoms with Crippen LogP contribution in [0.4, 0.5) is 11.9 Å². The lowest BCUT2D eigenvalue weighted by Gasteiger charge is -2.02. The minimum absolute atomic E-state index is 0.0675. The van der Waals surface area contributed by atoms with Crippen molar-refractivity contribution in [3.8, 4) is 0 Å². The van der Waals surface area contributed by atoms with Gasteiger partial charge in [-0.25, -0.2) is 10.2 Å². The van der Waals surface area contributed by atoms with Gasteiger partial charge in [-0.05, 0) is 20.9 Å². The molecule has 2 aromatic rings. The van der Waals surface area contributed by atoms with Gasteiger partial charge in [-0.2, -0.15) is 0 Å². The molecule has 72 valence electrons. The maximum Gasteiger partial charge on any atom is 0.247 e. The number of nitrogens with one attached hydrogen (secondary N) is 5. The van der Waals surface area contributed by atoms with E-state index in [-0.39, 0.29) is 17.9 Å². The van der Waals surface area contributed by atoms with Crippen LogP contribution in [0.15, 0.2) is 0 Å². The van der Waals surface area contributed by atoms with Crippen molar-refractivity contribution in [2.24, 2.45) is 0 Å². The number of rotatable bonds is 2. The highest BCUT2D eigenvalue weighted by atomic mass is 15.5. The Hall–Kier alpha value is -2.59. The van der Waals surface area contributed by atoms with E-state index in [2.05, 4.69) is 51.9 Å². The fraction of sp³-hybridized carbons (Fsp3) is 0. The Morgan fingerprint density at radius 3 is 1.86 bits per heavy atom. The average Bonchev–Trinajstić information content (AvgIpc) is 2.76. The number of hydrogen-bond acceptors (Lipinski definition) is 7. The van der Waals surface area contributed by atoms with Crippen molar-refractivity contribution in [1.82, 2.24) is 41.2 Å². The number of hydrogen-bond donors (Lipinski definition) is 5. The van der Waals surface area contributed by atoms with Crippen molar-refractivity contribution in [2.75, 3.05) is 10.6 Å². The summed E-state index contributed by atoms with van der Waals surface area (Å²) < 4.78 is 0.